The molecule has 1 aliphatic carbocycles. The van der Waals surface area contributed by atoms with E-state index >= 15 is 0 Å². The first kappa shape index (κ1) is 11.3. The third-order valence-electron chi connectivity index (χ3n) is 3.15. The van der Waals surface area contributed by atoms with E-state index in [1.54, 1.807) is 0 Å². The van der Waals surface area contributed by atoms with Crippen LogP contribution in [0.3, 0.4) is 0 Å². The predicted molar refractivity (Wildman–Crippen MR) is 72.9 cm³/mol. The van der Waals surface area contributed by atoms with Crippen molar-refractivity contribution in [2.45, 2.75) is 25.7 Å². The van der Waals surface area contributed by atoms with Gasteiger partial charge < -0.3 is 0 Å². The van der Waals surface area contributed by atoms with E-state index in [0.29, 0.717) is 0 Å². The summed E-state index contributed by atoms with van der Waals surface area (Å²) in [6.07, 6.45) is 4.55. The molecule has 0 unspecified atom stereocenters. The van der Waals surface area contributed by atoms with Gasteiger partial charge in [-0.1, -0.05) is 33.6 Å². The van der Waals surface area contributed by atoms with Crippen molar-refractivity contribution in [1.82, 2.24) is 9.78 Å². The van der Waals surface area contributed by atoms with Crippen molar-refractivity contribution >= 4 is 27.5 Å². The molecule has 3 rings (SSSR count). The lowest BCUT2D eigenvalue weighted by molar-refractivity contribution is 0.671. The van der Waals surface area contributed by atoms with Crippen molar-refractivity contribution in [3.63, 3.8) is 0 Å². The fourth-order valence-corrected chi connectivity index (χ4v) is 3.02. The fourth-order valence-electron chi connectivity index (χ4n) is 2.29. The molecule has 1 aromatic carbocycles. The van der Waals surface area contributed by atoms with Crippen LogP contribution >= 0.6 is 27.5 Å². The first-order chi connectivity index (χ1) is 8.25. The van der Waals surface area contributed by atoms with E-state index in [0.717, 1.165) is 28.2 Å². The standard InChI is InChI=1S/C13H12BrClN2/c14-9-4-3-5-10(8-9)17-13(15)11-6-1-2-7-12(11)16-17/h3-5,8H,1-2,6-7H2. The highest BCUT2D eigenvalue weighted by Gasteiger charge is 2.19. The summed E-state index contributed by atoms with van der Waals surface area (Å²) in [5, 5.41) is 5.40. The van der Waals surface area contributed by atoms with Crippen molar-refractivity contribution < 1.29 is 0 Å². The highest BCUT2D eigenvalue weighted by molar-refractivity contribution is 9.10. The van der Waals surface area contributed by atoms with Gasteiger partial charge in [-0.15, -0.1) is 0 Å². The second-order valence-corrected chi connectivity index (χ2v) is 5.59. The number of aromatic nitrogens is 2. The van der Waals surface area contributed by atoms with E-state index in [4.69, 9.17) is 11.6 Å². The number of benzene rings is 1. The molecule has 1 heterocycles. The minimum Gasteiger partial charge on any atom is -0.222 e. The highest BCUT2D eigenvalue weighted by Crippen LogP contribution is 2.30. The minimum atomic E-state index is 0.776. The largest absolute Gasteiger partial charge is 0.222 e. The van der Waals surface area contributed by atoms with Gasteiger partial charge in [0.25, 0.3) is 0 Å². The van der Waals surface area contributed by atoms with Crippen LogP contribution in [-0.2, 0) is 12.8 Å². The van der Waals surface area contributed by atoms with Crippen molar-refractivity contribution in [2.24, 2.45) is 0 Å². The Morgan fingerprint density at radius 1 is 1.24 bits per heavy atom. The van der Waals surface area contributed by atoms with E-state index in [9.17, 15) is 0 Å². The Kier molecular flexibility index (Phi) is 2.97. The molecule has 0 N–H and O–H groups in total. The zero-order valence-electron chi connectivity index (χ0n) is 9.29. The SMILES string of the molecule is Clc1c2c(nn1-c1cccc(Br)c1)CCCC2. The summed E-state index contributed by atoms with van der Waals surface area (Å²) in [5.74, 6) is 0. The molecule has 0 spiro atoms. The smallest absolute Gasteiger partial charge is 0.136 e. The van der Waals surface area contributed by atoms with Gasteiger partial charge >= 0.3 is 0 Å². The average molecular weight is 312 g/mol. The average Bonchev–Trinajstić information content (AvgIpc) is 2.68. The van der Waals surface area contributed by atoms with Gasteiger partial charge in [0, 0.05) is 10.0 Å². The van der Waals surface area contributed by atoms with E-state index in [2.05, 4.69) is 21.0 Å². The quantitative estimate of drug-likeness (QED) is 0.773. The van der Waals surface area contributed by atoms with Crippen LogP contribution in [0.25, 0.3) is 5.69 Å². The van der Waals surface area contributed by atoms with Gasteiger partial charge in [0.05, 0.1) is 11.4 Å². The first-order valence-electron chi connectivity index (χ1n) is 5.78. The van der Waals surface area contributed by atoms with Crippen LogP contribution < -0.4 is 0 Å². The van der Waals surface area contributed by atoms with Crippen LogP contribution in [0.15, 0.2) is 28.7 Å². The van der Waals surface area contributed by atoms with Crippen molar-refractivity contribution in [2.75, 3.05) is 0 Å². The van der Waals surface area contributed by atoms with Crippen LogP contribution in [0.2, 0.25) is 5.15 Å². The molecule has 0 amide bonds. The Morgan fingerprint density at radius 2 is 2.06 bits per heavy atom. The molecule has 4 heteroatoms. The number of fused-ring (bicyclic) bond motifs is 1. The number of halogens is 2. The Bertz CT molecular complexity index is 563. The maximum absolute atomic E-state index is 6.41. The number of nitrogens with zero attached hydrogens (tertiary/aromatic N) is 2. The molecule has 0 aliphatic heterocycles. The van der Waals surface area contributed by atoms with Crippen molar-refractivity contribution in [3.05, 3.63) is 45.1 Å². The summed E-state index contributed by atoms with van der Waals surface area (Å²) < 4.78 is 2.89. The minimum absolute atomic E-state index is 0.776. The molecule has 0 radical (unpaired) electrons. The van der Waals surface area contributed by atoms with Gasteiger partial charge in [-0.2, -0.15) is 5.10 Å². The molecule has 17 heavy (non-hydrogen) atoms. The fraction of sp³-hybridized carbons (Fsp3) is 0.308. The van der Waals surface area contributed by atoms with Gasteiger partial charge in [-0.25, -0.2) is 4.68 Å². The molecule has 1 aromatic heterocycles. The van der Waals surface area contributed by atoms with Crippen LogP contribution in [-0.4, -0.2) is 9.78 Å². The molecule has 0 bridgehead atoms. The summed E-state index contributed by atoms with van der Waals surface area (Å²) in [7, 11) is 0. The maximum Gasteiger partial charge on any atom is 0.136 e. The third-order valence-corrected chi connectivity index (χ3v) is 4.03. The van der Waals surface area contributed by atoms with Crippen LogP contribution in [0.5, 0.6) is 0 Å². The summed E-state index contributed by atoms with van der Waals surface area (Å²) in [5.41, 5.74) is 3.41. The summed E-state index contributed by atoms with van der Waals surface area (Å²) in [6, 6.07) is 8.05. The third kappa shape index (κ3) is 2.02. The lowest BCUT2D eigenvalue weighted by Gasteiger charge is -2.07. The van der Waals surface area contributed by atoms with E-state index in [1.165, 1.54) is 24.1 Å². The normalized spacial score (nSPS) is 14.7. The Labute approximate surface area is 114 Å². The summed E-state index contributed by atoms with van der Waals surface area (Å²) in [4.78, 5) is 0. The Balaban J connectivity index is 2.12. The van der Waals surface area contributed by atoms with E-state index in [-0.39, 0.29) is 0 Å². The maximum atomic E-state index is 6.41. The zero-order valence-corrected chi connectivity index (χ0v) is 11.6. The predicted octanol–water partition coefficient (Wildman–Crippen LogP) is 4.17. The topological polar surface area (TPSA) is 17.8 Å². The van der Waals surface area contributed by atoms with E-state index < -0.39 is 0 Å². The highest BCUT2D eigenvalue weighted by atomic mass is 79.9. The van der Waals surface area contributed by atoms with Crippen molar-refractivity contribution in [3.8, 4) is 5.69 Å². The number of aryl methyl sites for hydroxylation is 1. The lowest BCUT2D eigenvalue weighted by atomic mass is 9.99. The molecule has 0 saturated heterocycles. The molecule has 88 valence electrons. The summed E-state index contributed by atoms with van der Waals surface area (Å²) in [6.45, 7) is 0. The number of hydrogen-bond donors (Lipinski definition) is 0. The van der Waals surface area contributed by atoms with Crippen molar-refractivity contribution in [1.29, 1.82) is 0 Å². The molecule has 0 fully saturated rings. The molecule has 2 aromatic rings. The van der Waals surface area contributed by atoms with Gasteiger partial charge in [0.2, 0.25) is 0 Å². The second-order valence-electron chi connectivity index (χ2n) is 4.31. The van der Waals surface area contributed by atoms with Gasteiger partial charge in [-0.05, 0) is 43.9 Å². The molecular weight excluding hydrogens is 300 g/mol. The van der Waals surface area contributed by atoms with Crippen LogP contribution in [0, 0.1) is 0 Å². The van der Waals surface area contributed by atoms with Gasteiger partial charge in [0.15, 0.2) is 0 Å². The van der Waals surface area contributed by atoms with Crippen LogP contribution in [0.4, 0.5) is 0 Å². The molecular formula is C13H12BrClN2. The molecule has 0 saturated carbocycles. The number of hydrogen-bond acceptors (Lipinski definition) is 1. The second kappa shape index (κ2) is 4.46. The first-order valence-corrected chi connectivity index (χ1v) is 6.95. The Hall–Kier alpha value is -0.800. The Morgan fingerprint density at radius 3 is 2.82 bits per heavy atom. The molecule has 0 atom stereocenters. The van der Waals surface area contributed by atoms with Crippen LogP contribution in [0.1, 0.15) is 24.1 Å². The zero-order chi connectivity index (χ0) is 11.8. The van der Waals surface area contributed by atoms with Gasteiger partial charge in [-0.3, -0.25) is 0 Å². The number of rotatable bonds is 1. The summed E-state index contributed by atoms with van der Waals surface area (Å²) >= 11 is 9.89. The molecule has 1 aliphatic rings. The van der Waals surface area contributed by atoms with E-state index in [1.807, 2.05) is 28.9 Å². The monoisotopic (exact) mass is 310 g/mol. The molecule has 2 nitrogen and oxygen atoms in total. The lowest BCUT2D eigenvalue weighted by Crippen LogP contribution is -2.00. The van der Waals surface area contributed by atoms with Gasteiger partial charge in [0.1, 0.15) is 5.15 Å².